The Morgan fingerprint density at radius 1 is 1.13 bits per heavy atom. The molecule has 118 valence electrons. The van der Waals surface area contributed by atoms with E-state index in [9.17, 15) is 0 Å². The summed E-state index contributed by atoms with van der Waals surface area (Å²) in [5, 5.41) is 5.29. The maximum Gasteiger partial charge on any atom is 0.163 e. The van der Waals surface area contributed by atoms with Crippen molar-refractivity contribution in [3.8, 4) is 0 Å². The Bertz CT molecular complexity index is 816. The highest BCUT2D eigenvalue weighted by molar-refractivity contribution is 5.86. The van der Waals surface area contributed by atoms with Crippen molar-refractivity contribution in [1.82, 2.24) is 19.7 Å². The Morgan fingerprint density at radius 2 is 1.96 bits per heavy atom. The van der Waals surface area contributed by atoms with Crippen LogP contribution in [0, 0.1) is 0 Å². The first-order valence-electron chi connectivity index (χ1n) is 7.80. The van der Waals surface area contributed by atoms with Crippen molar-refractivity contribution in [3.63, 3.8) is 0 Å². The molecule has 6 nitrogen and oxygen atoms in total. The number of ether oxygens (including phenoxy) is 1. The molecule has 6 heteroatoms. The fourth-order valence-electron chi connectivity index (χ4n) is 3.18. The van der Waals surface area contributed by atoms with Crippen LogP contribution in [0.25, 0.3) is 11.0 Å². The SMILES string of the molecule is C[C@H]1CN(c2ncnc3c2cnn3C)C[C@@H](c2ccccc2)O1. The zero-order chi connectivity index (χ0) is 15.8. The van der Waals surface area contributed by atoms with Gasteiger partial charge in [0.25, 0.3) is 0 Å². The molecule has 3 heterocycles. The summed E-state index contributed by atoms with van der Waals surface area (Å²) in [5.74, 6) is 0.930. The summed E-state index contributed by atoms with van der Waals surface area (Å²) in [4.78, 5) is 11.1. The average molecular weight is 309 g/mol. The van der Waals surface area contributed by atoms with Crippen LogP contribution in [0.4, 0.5) is 5.82 Å². The zero-order valence-electron chi connectivity index (χ0n) is 13.3. The molecular formula is C17H19N5O. The van der Waals surface area contributed by atoms with E-state index in [4.69, 9.17) is 4.74 Å². The number of hydrogen-bond donors (Lipinski definition) is 0. The van der Waals surface area contributed by atoms with Crippen LogP contribution in [0.5, 0.6) is 0 Å². The summed E-state index contributed by atoms with van der Waals surface area (Å²) in [5.41, 5.74) is 2.05. The summed E-state index contributed by atoms with van der Waals surface area (Å²) in [6.45, 7) is 3.68. The second-order valence-electron chi connectivity index (χ2n) is 5.95. The number of hydrogen-bond acceptors (Lipinski definition) is 5. The molecule has 4 rings (SSSR count). The molecular weight excluding hydrogens is 290 g/mol. The van der Waals surface area contributed by atoms with E-state index in [0.717, 1.165) is 29.9 Å². The van der Waals surface area contributed by atoms with Gasteiger partial charge < -0.3 is 9.64 Å². The maximum absolute atomic E-state index is 6.14. The molecule has 0 N–H and O–H groups in total. The van der Waals surface area contributed by atoms with E-state index in [2.05, 4.69) is 39.0 Å². The molecule has 0 saturated carbocycles. The van der Waals surface area contributed by atoms with Gasteiger partial charge in [-0.3, -0.25) is 4.68 Å². The third-order valence-electron chi connectivity index (χ3n) is 4.24. The Morgan fingerprint density at radius 3 is 2.78 bits per heavy atom. The highest BCUT2D eigenvalue weighted by atomic mass is 16.5. The van der Waals surface area contributed by atoms with Gasteiger partial charge in [0.15, 0.2) is 5.65 Å². The van der Waals surface area contributed by atoms with Gasteiger partial charge in [-0.25, -0.2) is 9.97 Å². The molecule has 1 aliphatic heterocycles. The number of anilines is 1. The van der Waals surface area contributed by atoms with Gasteiger partial charge in [0.1, 0.15) is 18.2 Å². The van der Waals surface area contributed by atoms with Gasteiger partial charge in [-0.05, 0) is 12.5 Å². The quantitative estimate of drug-likeness (QED) is 0.727. The molecule has 0 amide bonds. The Hall–Kier alpha value is -2.47. The number of morpholine rings is 1. The maximum atomic E-state index is 6.14. The second-order valence-corrected chi connectivity index (χ2v) is 5.95. The number of aryl methyl sites for hydroxylation is 1. The molecule has 0 radical (unpaired) electrons. The zero-order valence-corrected chi connectivity index (χ0v) is 13.3. The van der Waals surface area contributed by atoms with Gasteiger partial charge in [-0.2, -0.15) is 5.10 Å². The van der Waals surface area contributed by atoms with E-state index < -0.39 is 0 Å². The Labute approximate surface area is 134 Å². The fourth-order valence-corrected chi connectivity index (χ4v) is 3.18. The van der Waals surface area contributed by atoms with Crippen molar-refractivity contribution in [1.29, 1.82) is 0 Å². The predicted molar refractivity (Wildman–Crippen MR) is 88.2 cm³/mol. The van der Waals surface area contributed by atoms with Crippen LogP contribution in [0.1, 0.15) is 18.6 Å². The first-order valence-corrected chi connectivity index (χ1v) is 7.80. The molecule has 1 saturated heterocycles. The Kier molecular flexibility index (Phi) is 3.46. The predicted octanol–water partition coefficient (Wildman–Crippen LogP) is 2.33. The lowest BCUT2D eigenvalue weighted by atomic mass is 10.1. The average Bonchev–Trinajstić information content (AvgIpc) is 2.96. The van der Waals surface area contributed by atoms with Crippen LogP contribution in [-0.2, 0) is 11.8 Å². The van der Waals surface area contributed by atoms with E-state index in [1.165, 1.54) is 5.56 Å². The minimum atomic E-state index is 0.0432. The molecule has 1 aromatic carbocycles. The molecule has 0 unspecified atom stereocenters. The van der Waals surface area contributed by atoms with Crippen LogP contribution in [0.3, 0.4) is 0 Å². The molecule has 0 bridgehead atoms. The van der Waals surface area contributed by atoms with E-state index in [0.29, 0.717) is 0 Å². The number of benzene rings is 1. The second kappa shape index (κ2) is 5.62. The molecule has 0 aliphatic carbocycles. The third kappa shape index (κ3) is 2.55. The van der Waals surface area contributed by atoms with Crippen LogP contribution >= 0.6 is 0 Å². The smallest absolute Gasteiger partial charge is 0.163 e. The van der Waals surface area contributed by atoms with Crippen molar-refractivity contribution in [2.45, 2.75) is 19.1 Å². The van der Waals surface area contributed by atoms with E-state index in [1.807, 2.05) is 31.4 Å². The van der Waals surface area contributed by atoms with Gasteiger partial charge in [0.2, 0.25) is 0 Å². The van der Waals surface area contributed by atoms with Gasteiger partial charge in [-0.1, -0.05) is 30.3 Å². The van der Waals surface area contributed by atoms with Gasteiger partial charge in [-0.15, -0.1) is 0 Å². The molecule has 0 spiro atoms. The molecule has 23 heavy (non-hydrogen) atoms. The van der Waals surface area contributed by atoms with Crippen LogP contribution < -0.4 is 4.90 Å². The molecule has 2 atom stereocenters. The lowest BCUT2D eigenvalue weighted by Gasteiger charge is -2.37. The van der Waals surface area contributed by atoms with E-state index in [1.54, 1.807) is 11.0 Å². The standard InChI is InChI=1S/C17H19N5O/c1-12-9-22(10-15(23-12)13-6-4-3-5-7-13)17-14-8-20-21(2)16(14)18-11-19-17/h3-8,11-12,15H,9-10H2,1-2H3/t12-,15-/m0/s1. The Balaban J connectivity index is 1.70. The lowest BCUT2D eigenvalue weighted by molar-refractivity contribution is -0.0175. The summed E-state index contributed by atoms with van der Waals surface area (Å²) in [6, 6.07) is 10.3. The molecule has 3 aromatic rings. The largest absolute Gasteiger partial charge is 0.367 e. The number of rotatable bonds is 2. The number of fused-ring (bicyclic) bond motifs is 1. The van der Waals surface area contributed by atoms with Crippen molar-refractivity contribution in [2.24, 2.45) is 7.05 Å². The van der Waals surface area contributed by atoms with Crippen molar-refractivity contribution < 1.29 is 4.74 Å². The van der Waals surface area contributed by atoms with Crippen molar-refractivity contribution in [2.75, 3.05) is 18.0 Å². The number of aromatic nitrogens is 4. The van der Waals surface area contributed by atoms with E-state index >= 15 is 0 Å². The minimum absolute atomic E-state index is 0.0432. The van der Waals surface area contributed by atoms with Crippen LogP contribution in [-0.4, -0.2) is 38.9 Å². The molecule has 1 fully saturated rings. The molecule has 2 aromatic heterocycles. The first-order chi connectivity index (χ1) is 11.2. The third-order valence-corrected chi connectivity index (χ3v) is 4.24. The summed E-state index contributed by atoms with van der Waals surface area (Å²) < 4.78 is 7.91. The number of nitrogens with zero attached hydrogens (tertiary/aromatic N) is 5. The molecule has 1 aliphatic rings. The highest BCUT2D eigenvalue weighted by Gasteiger charge is 2.28. The van der Waals surface area contributed by atoms with Crippen LogP contribution in [0.15, 0.2) is 42.9 Å². The topological polar surface area (TPSA) is 56.1 Å². The van der Waals surface area contributed by atoms with Gasteiger partial charge >= 0.3 is 0 Å². The minimum Gasteiger partial charge on any atom is -0.367 e. The van der Waals surface area contributed by atoms with Crippen molar-refractivity contribution in [3.05, 3.63) is 48.4 Å². The first kappa shape index (κ1) is 14.1. The van der Waals surface area contributed by atoms with Gasteiger partial charge in [0, 0.05) is 20.1 Å². The fraction of sp³-hybridized carbons (Fsp3) is 0.353. The highest BCUT2D eigenvalue weighted by Crippen LogP contribution is 2.30. The van der Waals surface area contributed by atoms with E-state index in [-0.39, 0.29) is 12.2 Å². The van der Waals surface area contributed by atoms with Crippen LogP contribution in [0.2, 0.25) is 0 Å². The normalized spacial score (nSPS) is 21.7. The lowest BCUT2D eigenvalue weighted by Crippen LogP contribution is -2.43. The summed E-state index contributed by atoms with van der Waals surface area (Å²) in [6.07, 6.45) is 3.62. The summed E-state index contributed by atoms with van der Waals surface area (Å²) >= 11 is 0. The monoisotopic (exact) mass is 309 g/mol. The van der Waals surface area contributed by atoms with Crippen molar-refractivity contribution >= 4 is 16.9 Å². The summed E-state index contributed by atoms with van der Waals surface area (Å²) in [7, 11) is 1.90. The van der Waals surface area contributed by atoms with Gasteiger partial charge in [0.05, 0.1) is 17.7 Å².